The highest BCUT2D eigenvalue weighted by atomic mass is 32.2. The highest BCUT2D eigenvalue weighted by molar-refractivity contribution is 8.00. The minimum atomic E-state index is -0.0467. The Morgan fingerprint density at radius 3 is 2.50 bits per heavy atom. The highest BCUT2D eigenvalue weighted by Gasteiger charge is 2.01. The maximum atomic E-state index is 8.97. The van der Waals surface area contributed by atoms with Crippen LogP contribution in [0, 0.1) is 11.3 Å². The van der Waals surface area contributed by atoms with Crippen LogP contribution < -0.4 is 0 Å². The number of thioether (sulfide) groups is 1. The van der Waals surface area contributed by atoms with Crippen molar-refractivity contribution in [3.8, 4) is 11.8 Å². The van der Waals surface area contributed by atoms with Crippen molar-refractivity contribution < 1.29 is 5.11 Å². The van der Waals surface area contributed by atoms with Crippen LogP contribution in [0.3, 0.4) is 0 Å². The Morgan fingerprint density at radius 2 is 2.00 bits per heavy atom. The molecule has 0 bridgehead atoms. The third-order valence-corrected chi connectivity index (χ3v) is 2.33. The lowest BCUT2D eigenvalue weighted by molar-refractivity contribution is 0.475. The number of hydrogen-bond acceptors (Lipinski definition) is 3. The van der Waals surface area contributed by atoms with E-state index in [1.807, 2.05) is 6.92 Å². The van der Waals surface area contributed by atoms with Gasteiger partial charge in [0.1, 0.15) is 5.75 Å². The van der Waals surface area contributed by atoms with Crippen molar-refractivity contribution in [2.75, 3.05) is 0 Å². The molecule has 0 saturated heterocycles. The van der Waals surface area contributed by atoms with Crippen molar-refractivity contribution in [2.24, 2.45) is 0 Å². The highest BCUT2D eigenvalue weighted by Crippen LogP contribution is 2.24. The van der Waals surface area contributed by atoms with Gasteiger partial charge in [-0.2, -0.15) is 5.26 Å². The van der Waals surface area contributed by atoms with E-state index in [1.54, 1.807) is 24.3 Å². The van der Waals surface area contributed by atoms with Gasteiger partial charge in [0.25, 0.3) is 0 Å². The summed E-state index contributed by atoms with van der Waals surface area (Å²) in [4.78, 5) is 1.00. The van der Waals surface area contributed by atoms with Crippen molar-refractivity contribution in [2.45, 2.75) is 17.1 Å². The lowest BCUT2D eigenvalue weighted by Gasteiger charge is -2.01. The summed E-state index contributed by atoms with van der Waals surface area (Å²) >= 11 is 1.48. The largest absolute Gasteiger partial charge is 0.508 e. The minimum Gasteiger partial charge on any atom is -0.508 e. The van der Waals surface area contributed by atoms with Gasteiger partial charge < -0.3 is 5.11 Å². The van der Waals surface area contributed by atoms with Gasteiger partial charge in [0.05, 0.1) is 11.3 Å². The minimum absolute atomic E-state index is 0.0467. The number of benzene rings is 1. The van der Waals surface area contributed by atoms with Gasteiger partial charge in [-0.1, -0.05) is 0 Å². The zero-order chi connectivity index (χ0) is 8.97. The Labute approximate surface area is 75.8 Å². The standard InChI is InChI=1S/C9H9NOS/c1-7(6-10)12-9-4-2-8(11)3-5-9/h2-5,7,11H,1H3. The van der Waals surface area contributed by atoms with Crippen molar-refractivity contribution >= 4 is 11.8 Å². The second-order valence-corrected chi connectivity index (χ2v) is 3.80. The smallest absolute Gasteiger partial charge is 0.115 e. The molecule has 1 unspecified atom stereocenters. The number of nitrogens with zero attached hydrogens (tertiary/aromatic N) is 1. The molecule has 1 atom stereocenters. The van der Waals surface area contributed by atoms with Gasteiger partial charge in [-0.05, 0) is 31.2 Å². The molecule has 1 aromatic carbocycles. The molecule has 0 aliphatic carbocycles. The van der Waals surface area contributed by atoms with Crippen LogP contribution >= 0.6 is 11.8 Å². The fraction of sp³-hybridized carbons (Fsp3) is 0.222. The molecule has 0 aliphatic heterocycles. The fourth-order valence-electron chi connectivity index (χ4n) is 0.755. The van der Waals surface area contributed by atoms with Gasteiger partial charge >= 0.3 is 0 Å². The monoisotopic (exact) mass is 179 g/mol. The first-order valence-corrected chi connectivity index (χ1v) is 4.45. The maximum absolute atomic E-state index is 8.97. The molecule has 0 aliphatic rings. The molecule has 0 radical (unpaired) electrons. The van der Waals surface area contributed by atoms with Crippen LogP contribution in [0.5, 0.6) is 5.75 Å². The predicted molar refractivity (Wildman–Crippen MR) is 49.0 cm³/mol. The van der Waals surface area contributed by atoms with Crippen molar-refractivity contribution in [1.29, 1.82) is 5.26 Å². The molecule has 0 aromatic heterocycles. The Morgan fingerprint density at radius 1 is 1.42 bits per heavy atom. The molecule has 3 heteroatoms. The van der Waals surface area contributed by atoms with Gasteiger partial charge in [-0.15, -0.1) is 11.8 Å². The Balaban J connectivity index is 2.66. The molecule has 62 valence electrons. The van der Waals surface area contributed by atoms with E-state index in [2.05, 4.69) is 6.07 Å². The fourth-order valence-corrected chi connectivity index (χ4v) is 1.51. The van der Waals surface area contributed by atoms with E-state index in [4.69, 9.17) is 10.4 Å². The summed E-state index contributed by atoms with van der Waals surface area (Å²) in [5, 5.41) is 17.5. The molecule has 1 N–H and O–H groups in total. The molecular weight excluding hydrogens is 170 g/mol. The number of nitriles is 1. The van der Waals surface area contributed by atoms with Crippen LogP contribution in [0.25, 0.3) is 0 Å². The van der Waals surface area contributed by atoms with Crippen LogP contribution in [0.4, 0.5) is 0 Å². The molecule has 1 aromatic rings. The van der Waals surface area contributed by atoms with Crippen molar-refractivity contribution in [3.05, 3.63) is 24.3 Å². The summed E-state index contributed by atoms with van der Waals surface area (Å²) in [5.41, 5.74) is 0. The SMILES string of the molecule is CC(C#N)Sc1ccc(O)cc1. The van der Waals surface area contributed by atoms with E-state index in [1.165, 1.54) is 11.8 Å². The van der Waals surface area contributed by atoms with Crippen LogP contribution in [0.15, 0.2) is 29.2 Å². The first-order chi connectivity index (χ1) is 5.72. The van der Waals surface area contributed by atoms with Gasteiger partial charge in [-0.25, -0.2) is 0 Å². The normalized spacial score (nSPS) is 12.0. The van der Waals surface area contributed by atoms with Gasteiger partial charge in [0.2, 0.25) is 0 Å². The number of hydrogen-bond donors (Lipinski definition) is 1. The van der Waals surface area contributed by atoms with E-state index in [0.29, 0.717) is 0 Å². The molecule has 1 rings (SSSR count). The summed E-state index contributed by atoms with van der Waals surface area (Å²) < 4.78 is 0. The summed E-state index contributed by atoms with van der Waals surface area (Å²) in [6.07, 6.45) is 0. The quantitative estimate of drug-likeness (QED) is 0.709. The zero-order valence-electron chi connectivity index (χ0n) is 6.69. The summed E-state index contributed by atoms with van der Waals surface area (Å²) in [7, 11) is 0. The van der Waals surface area contributed by atoms with Crippen LogP contribution in [-0.4, -0.2) is 10.4 Å². The van der Waals surface area contributed by atoms with E-state index in [9.17, 15) is 0 Å². The molecule has 0 amide bonds. The molecule has 0 heterocycles. The number of aromatic hydroxyl groups is 1. The third kappa shape index (κ3) is 2.48. The van der Waals surface area contributed by atoms with E-state index < -0.39 is 0 Å². The zero-order valence-corrected chi connectivity index (χ0v) is 7.51. The number of phenols is 1. The molecule has 0 spiro atoms. The Bertz CT molecular complexity index is 288. The topological polar surface area (TPSA) is 44.0 Å². The number of rotatable bonds is 2. The van der Waals surface area contributed by atoms with Crippen LogP contribution in [-0.2, 0) is 0 Å². The number of phenolic OH excluding ortho intramolecular Hbond substituents is 1. The lowest BCUT2D eigenvalue weighted by Crippen LogP contribution is -1.88. The average molecular weight is 179 g/mol. The molecule has 0 saturated carbocycles. The van der Waals surface area contributed by atoms with E-state index in [-0.39, 0.29) is 11.0 Å². The van der Waals surface area contributed by atoms with Gasteiger partial charge in [0, 0.05) is 4.90 Å². The summed E-state index contributed by atoms with van der Waals surface area (Å²) in [6, 6.07) is 8.96. The lowest BCUT2D eigenvalue weighted by atomic mass is 10.3. The average Bonchev–Trinajstić information content (AvgIpc) is 2.09. The second-order valence-electron chi connectivity index (χ2n) is 2.38. The molecule has 0 fully saturated rings. The van der Waals surface area contributed by atoms with E-state index >= 15 is 0 Å². The van der Waals surface area contributed by atoms with Crippen LogP contribution in [0.1, 0.15) is 6.92 Å². The first kappa shape index (κ1) is 8.95. The predicted octanol–water partition coefficient (Wildman–Crippen LogP) is 2.40. The van der Waals surface area contributed by atoms with E-state index in [0.717, 1.165) is 4.90 Å². The third-order valence-electron chi connectivity index (χ3n) is 1.33. The maximum Gasteiger partial charge on any atom is 0.115 e. The Hall–Kier alpha value is -1.14. The summed E-state index contributed by atoms with van der Waals surface area (Å²) in [6.45, 7) is 1.84. The molecular formula is C9H9NOS. The second kappa shape index (κ2) is 4.03. The first-order valence-electron chi connectivity index (χ1n) is 3.57. The Kier molecular flexibility index (Phi) is 3.01. The molecule has 12 heavy (non-hydrogen) atoms. The van der Waals surface area contributed by atoms with Gasteiger partial charge in [0.15, 0.2) is 0 Å². The molecule has 2 nitrogen and oxygen atoms in total. The summed E-state index contributed by atoms with van der Waals surface area (Å²) in [5.74, 6) is 0.254. The van der Waals surface area contributed by atoms with Crippen molar-refractivity contribution in [1.82, 2.24) is 0 Å². The van der Waals surface area contributed by atoms with Crippen molar-refractivity contribution in [3.63, 3.8) is 0 Å². The van der Waals surface area contributed by atoms with Gasteiger partial charge in [-0.3, -0.25) is 0 Å². The van der Waals surface area contributed by atoms with Crippen LogP contribution in [0.2, 0.25) is 0 Å².